The summed E-state index contributed by atoms with van der Waals surface area (Å²) >= 11 is 5.81. The molecule has 122 valence electrons. The normalized spacial score (nSPS) is 10.7. The molecule has 0 spiro atoms. The summed E-state index contributed by atoms with van der Waals surface area (Å²) in [5.74, 6) is 0.602. The first-order valence-corrected chi connectivity index (χ1v) is 7.36. The Labute approximate surface area is 145 Å². The summed E-state index contributed by atoms with van der Waals surface area (Å²) in [5, 5.41) is 12.5. The monoisotopic (exact) mass is 342 g/mol. The van der Waals surface area contributed by atoms with Gasteiger partial charge in [0.15, 0.2) is 0 Å². The lowest BCUT2D eigenvalue weighted by atomic mass is 10.1. The van der Waals surface area contributed by atoms with Crippen LogP contribution in [0.3, 0.4) is 0 Å². The molecule has 1 N–H and O–H groups in total. The lowest BCUT2D eigenvalue weighted by Crippen LogP contribution is -2.13. The number of nitrogens with one attached hydrogen (secondary N) is 1. The molecule has 1 amide bonds. The zero-order valence-corrected chi connectivity index (χ0v) is 13.9. The number of carbonyl (C=O) groups excluding carboxylic acids is 1. The maximum atomic E-state index is 12.3. The van der Waals surface area contributed by atoms with E-state index in [0.717, 1.165) is 0 Å². The first kappa shape index (κ1) is 17.4. The minimum absolute atomic E-state index is 0.0588. The van der Waals surface area contributed by atoms with Crippen molar-refractivity contribution in [3.63, 3.8) is 0 Å². The number of hydrogen-bond acceptors (Lipinski definition) is 4. The highest BCUT2D eigenvalue weighted by Gasteiger charge is 2.12. The standard InChI is InChI=1S/C18H15ClN2O3/c1-23-16-7-8-17(24-2)12(10-16)9-13(11-20)18(22)21-15-5-3-14(19)4-6-15/h3-10H,1-2H3,(H,21,22)/b13-9-. The molecule has 0 aliphatic heterocycles. The summed E-state index contributed by atoms with van der Waals surface area (Å²) in [6, 6.07) is 13.6. The molecule has 0 atom stereocenters. The van der Waals surface area contributed by atoms with Crippen LogP contribution in [0.15, 0.2) is 48.0 Å². The van der Waals surface area contributed by atoms with E-state index in [1.165, 1.54) is 20.3 Å². The average molecular weight is 343 g/mol. The molecule has 0 saturated carbocycles. The Morgan fingerprint density at radius 2 is 1.88 bits per heavy atom. The van der Waals surface area contributed by atoms with E-state index >= 15 is 0 Å². The van der Waals surface area contributed by atoms with Crippen molar-refractivity contribution in [2.24, 2.45) is 0 Å². The second-order valence-corrected chi connectivity index (χ2v) is 5.18. The molecular weight excluding hydrogens is 328 g/mol. The van der Waals surface area contributed by atoms with E-state index in [4.69, 9.17) is 21.1 Å². The molecule has 0 unspecified atom stereocenters. The molecule has 0 fully saturated rings. The smallest absolute Gasteiger partial charge is 0.266 e. The number of nitrogens with zero attached hydrogens (tertiary/aromatic N) is 1. The summed E-state index contributed by atoms with van der Waals surface area (Å²) in [6.07, 6.45) is 1.45. The van der Waals surface area contributed by atoms with Gasteiger partial charge in [0, 0.05) is 16.3 Å². The van der Waals surface area contributed by atoms with Gasteiger partial charge < -0.3 is 14.8 Å². The lowest BCUT2D eigenvalue weighted by Gasteiger charge is -2.08. The summed E-state index contributed by atoms with van der Waals surface area (Å²) < 4.78 is 10.4. The third-order valence-corrected chi connectivity index (χ3v) is 3.46. The highest BCUT2D eigenvalue weighted by Crippen LogP contribution is 2.26. The molecule has 0 saturated heterocycles. The number of anilines is 1. The van der Waals surface area contributed by atoms with Gasteiger partial charge >= 0.3 is 0 Å². The fraction of sp³-hybridized carbons (Fsp3) is 0.111. The molecule has 5 nitrogen and oxygen atoms in total. The molecule has 24 heavy (non-hydrogen) atoms. The number of carbonyl (C=O) groups is 1. The van der Waals surface area contributed by atoms with Crippen LogP contribution in [0.1, 0.15) is 5.56 Å². The fourth-order valence-corrected chi connectivity index (χ4v) is 2.11. The van der Waals surface area contributed by atoms with E-state index in [0.29, 0.717) is 27.8 Å². The van der Waals surface area contributed by atoms with Crippen molar-refractivity contribution in [3.8, 4) is 17.6 Å². The first-order valence-electron chi connectivity index (χ1n) is 6.98. The second kappa shape index (κ2) is 8.04. The maximum Gasteiger partial charge on any atom is 0.266 e. The molecule has 0 bridgehead atoms. The fourth-order valence-electron chi connectivity index (χ4n) is 1.99. The van der Waals surface area contributed by atoms with Crippen molar-refractivity contribution in [1.82, 2.24) is 0 Å². The minimum atomic E-state index is -0.523. The Balaban J connectivity index is 2.30. The van der Waals surface area contributed by atoms with Crippen LogP contribution in [0.5, 0.6) is 11.5 Å². The molecule has 2 rings (SSSR count). The van der Waals surface area contributed by atoms with Gasteiger partial charge in [-0.15, -0.1) is 0 Å². The van der Waals surface area contributed by atoms with Crippen molar-refractivity contribution >= 4 is 29.3 Å². The van der Waals surface area contributed by atoms with E-state index in [1.807, 2.05) is 6.07 Å². The molecule has 6 heteroatoms. The van der Waals surface area contributed by atoms with Gasteiger partial charge in [-0.25, -0.2) is 0 Å². The summed E-state index contributed by atoms with van der Waals surface area (Å²) in [6.45, 7) is 0. The Morgan fingerprint density at radius 1 is 1.17 bits per heavy atom. The maximum absolute atomic E-state index is 12.3. The highest BCUT2D eigenvalue weighted by molar-refractivity contribution is 6.30. The van der Waals surface area contributed by atoms with Crippen LogP contribution in [0.2, 0.25) is 5.02 Å². The molecule has 2 aromatic carbocycles. The zero-order chi connectivity index (χ0) is 17.5. The van der Waals surface area contributed by atoms with Gasteiger partial charge in [-0.3, -0.25) is 4.79 Å². The Bertz CT molecular complexity index is 808. The van der Waals surface area contributed by atoms with Gasteiger partial charge in [-0.05, 0) is 48.5 Å². The van der Waals surface area contributed by atoms with E-state index in [-0.39, 0.29) is 5.57 Å². The molecule has 0 heterocycles. The summed E-state index contributed by atoms with van der Waals surface area (Å²) in [5.41, 5.74) is 1.05. The largest absolute Gasteiger partial charge is 0.497 e. The zero-order valence-electron chi connectivity index (χ0n) is 13.2. The van der Waals surface area contributed by atoms with Crippen LogP contribution in [-0.4, -0.2) is 20.1 Å². The Hall–Kier alpha value is -2.97. The van der Waals surface area contributed by atoms with Crippen LogP contribution in [0.25, 0.3) is 6.08 Å². The highest BCUT2D eigenvalue weighted by atomic mass is 35.5. The predicted molar refractivity (Wildman–Crippen MR) is 93.2 cm³/mol. The van der Waals surface area contributed by atoms with Crippen LogP contribution >= 0.6 is 11.6 Å². The second-order valence-electron chi connectivity index (χ2n) is 4.74. The summed E-state index contributed by atoms with van der Waals surface area (Å²) in [4.78, 5) is 12.3. The number of hydrogen-bond donors (Lipinski definition) is 1. The molecule has 2 aromatic rings. The number of nitriles is 1. The SMILES string of the molecule is COc1ccc(OC)c(/C=C(/C#N)C(=O)Nc2ccc(Cl)cc2)c1. The van der Waals surface area contributed by atoms with E-state index in [2.05, 4.69) is 5.32 Å². The Kier molecular flexibility index (Phi) is 5.83. The van der Waals surface area contributed by atoms with E-state index < -0.39 is 5.91 Å². The van der Waals surface area contributed by atoms with Crippen molar-refractivity contribution in [3.05, 3.63) is 58.6 Å². The van der Waals surface area contributed by atoms with Gasteiger partial charge in [0.25, 0.3) is 5.91 Å². The predicted octanol–water partition coefficient (Wildman–Crippen LogP) is 3.90. The number of halogens is 1. The molecular formula is C18H15ClN2O3. The molecule has 0 aromatic heterocycles. The van der Waals surface area contributed by atoms with Gasteiger partial charge in [0.05, 0.1) is 14.2 Å². The Morgan fingerprint density at radius 3 is 2.46 bits per heavy atom. The van der Waals surface area contributed by atoms with Crippen molar-refractivity contribution in [1.29, 1.82) is 5.26 Å². The number of ether oxygens (including phenoxy) is 2. The number of benzene rings is 2. The van der Waals surface area contributed by atoms with Crippen LogP contribution in [0.4, 0.5) is 5.69 Å². The third kappa shape index (κ3) is 4.28. The first-order chi connectivity index (χ1) is 11.6. The molecule has 0 aliphatic carbocycles. The van der Waals surface area contributed by atoms with Gasteiger partial charge in [-0.1, -0.05) is 11.6 Å². The van der Waals surface area contributed by atoms with E-state index in [1.54, 1.807) is 42.5 Å². The number of rotatable bonds is 5. The van der Waals surface area contributed by atoms with E-state index in [9.17, 15) is 10.1 Å². The number of amides is 1. The average Bonchev–Trinajstić information content (AvgIpc) is 2.61. The third-order valence-electron chi connectivity index (χ3n) is 3.20. The van der Waals surface area contributed by atoms with Gasteiger partial charge in [-0.2, -0.15) is 5.26 Å². The lowest BCUT2D eigenvalue weighted by molar-refractivity contribution is -0.112. The van der Waals surface area contributed by atoms with Gasteiger partial charge in [0.1, 0.15) is 23.1 Å². The molecule has 0 aliphatic rings. The number of methoxy groups -OCH3 is 2. The van der Waals surface area contributed by atoms with Crippen molar-refractivity contribution in [2.75, 3.05) is 19.5 Å². The van der Waals surface area contributed by atoms with Crippen LogP contribution < -0.4 is 14.8 Å². The van der Waals surface area contributed by atoms with Crippen LogP contribution in [0, 0.1) is 11.3 Å². The summed E-state index contributed by atoms with van der Waals surface area (Å²) in [7, 11) is 3.05. The quantitative estimate of drug-likeness (QED) is 0.660. The van der Waals surface area contributed by atoms with Crippen LogP contribution in [-0.2, 0) is 4.79 Å². The van der Waals surface area contributed by atoms with Crippen molar-refractivity contribution < 1.29 is 14.3 Å². The van der Waals surface area contributed by atoms with Crippen molar-refractivity contribution in [2.45, 2.75) is 0 Å². The molecule has 0 radical (unpaired) electrons. The minimum Gasteiger partial charge on any atom is -0.497 e. The van der Waals surface area contributed by atoms with Gasteiger partial charge in [0.2, 0.25) is 0 Å². The topological polar surface area (TPSA) is 71.3 Å².